The number of hydrogen-bond donors (Lipinski definition) is 1. The molecule has 0 aliphatic carbocycles. The van der Waals surface area contributed by atoms with Gasteiger partial charge in [-0.1, -0.05) is 38.5 Å². The molecule has 0 heterocycles. The van der Waals surface area contributed by atoms with Crippen molar-refractivity contribution in [3.63, 3.8) is 0 Å². The van der Waals surface area contributed by atoms with Crippen LogP contribution in [0.15, 0.2) is 0 Å². The van der Waals surface area contributed by atoms with E-state index in [1.54, 1.807) is 0 Å². The van der Waals surface area contributed by atoms with Crippen molar-refractivity contribution in [3.05, 3.63) is 0 Å². The van der Waals surface area contributed by atoms with Crippen molar-refractivity contribution >= 4 is 0 Å². The Bertz CT molecular complexity index is 123. The Hall–Kier alpha value is -0.480. The molecule has 0 aromatic heterocycles. The van der Waals surface area contributed by atoms with E-state index in [1.807, 2.05) is 0 Å². The minimum absolute atomic E-state index is 0.581. The second kappa shape index (κ2) is 8.62. The normalized spacial score (nSPS) is 12.4. The second-order valence-corrected chi connectivity index (χ2v) is 3.34. The van der Waals surface area contributed by atoms with Gasteiger partial charge in [0.25, 0.3) is 0 Å². The third kappa shape index (κ3) is 7.63. The monoisotopic (exact) mass is 167 g/mol. The fraction of sp³-hybridized carbons (Fsp3) is 0.818. The van der Waals surface area contributed by atoms with Crippen LogP contribution in [0.1, 0.15) is 46.0 Å². The highest BCUT2D eigenvalue weighted by Gasteiger charge is 1.98. The van der Waals surface area contributed by atoms with E-state index >= 15 is 0 Å². The van der Waals surface area contributed by atoms with Crippen molar-refractivity contribution < 1.29 is 0 Å². The Labute approximate surface area is 76.9 Å². The lowest BCUT2D eigenvalue weighted by atomic mass is 10.1. The maximum Gasteiger partial charge on any atom is 0.0575 e. The SMILES string of the molecule is C#CCN[C@H](C)CCCCCC. The zero-order chi connectivity index (χ0) is 9.23. The predicted molar refractivity (Wildman–Crippen MR) is 55.1 cm³/mol. The Balaban J connectivity index is 3.09. The average Bonchev–Trinajstić information content (AvgIpc) is 2.09. The lowest BCUT2D eigenvalue weighted by Crippen LogP contribution is -2.25. The average molecular weight is 167 g/mol. The summed E-state index contributed by atoms with van der Waals surface area (Å²) in [6, 6.07) is 0.581. The molecular formula is C11H21N. The van der Waals surface area contributed by atoms with Gasteiger partial charge in [-0.25, -0.2) is 0 Å². The molecule has 0 spiro atoms. The molecule has 0 aliphatic rings. The summed E-state index contributed by atoms with van der Waals surface area (Å²) in [5.74, 6) is 2.59. The van der Waals surface area contributed by atoms with Crippen molar-refractivity contribution in [1.82, 2.24) is 5.32 Å². The molecular weight excluding hydrogens is 146 g/mol. The van der Waals surface area contributed by atoms with E-state index in [0.29, 0.717) is 12.6 Å². The highest BCUT2D eigenvalue weighted by molar-refractivity contribution is 4.87. The third-order valence-corrected chi connectivity index (χ3v) is 2.04. The molecule has 1 nitrogen and oxygen atoms in total. The summed E-state index contributed by atoms with van der Waals surface area (Å²) in [6.45, 7) is 5.14. The van der Waals surface area contributed by atoms with Crippen LogP contribution < -0.4 is 5.32 Å². The summed E-state index contributed by atoms with van der Waals surface area (Å²) in [5, 5.41) is 3.27. The number of terminal acetylenes is 1. The van der Waals surface area contributed by atoms with Gasteiger partial charge < -0.3 is 5.32 Å². The van der Waals surface area contributed by atoms with Crippen molar-refractivity contribution in [2.75, 3.05) is 6.54 Å². The Morgan fingerprint density at radius 3 is 2.67 bits per heavy atom. The molecule has 0 unspecified atom stereocenters. The molecule has 0 aromatic rings. The van der Waals surface area contributed by atoms with E-state index in [4.69, 9.17) is 6.42 Å². The zero-order valence-electron chi connectivity index (χ0n) is 8.40. The van der Waals surface area contributed by atoms with Gasteiger partial charge in [0.1, 0.15) is 0 Å². The minimum atomic E-state index is 0.581. The van der Waals surface area contributed by atoms with Crippen molar-refractivity contribution in [2.45, 2.75) is 52.0 Å². The van der Waals surface area contributed by atoms with Crippen LogP contribution >= 0.6 is 0 Å². The fourth-order valence-electron chi connectivity index (χ4n) is 1.21. The summed E-state index contributed by atoms with van der Waals surface area (Å²) in [7, 11) is 0. The summed E-state index contributed by atoms with van der Waals surface area (Å²) >= 11 is 0. The van der Waals surface area contributed by atoms with Gasteiger partial charge in [0.2, 0.25) is 0 Å². The molecule has 1 N–H and O–H groups in total. The van der Waals surface area contributed by atoms with Crippen molar-refractivity contribution in [2.24, 2.45) is 0 Å². The Kier molecular flexibility index (Phi) is 8.27. The van der Waals surface area contributed by atoms with E-state index in [2.05, 4.69) is 25.1 Å². The first-order valence-electron chi connectivity index (χ1n) is 4.98. The van der Waals surface area contributed by atoms with Crippen LogP contribution in [0, 0.1) is 12.3 Å². The standard InChI is InChI=1S/C11H21N/c1-4-6-7-8-9-11(3)12-10-5-2/h2,11-12H,4,6-10H2,1,3H3/t11-/m1/s1. The second-order valence-electron chi connectivity index (χ2n) is 3.34. The number of hydrogen-bond acceptors (Lipinski definition) is 1. The van der Waals surface area contributed by atoms with Gasteiger partial charge in [-0.2, -0.15) is 0 Å². The summed E-state index contributed by atoms with van der Waals surface area (Å²) < 4.78 is 0. The maximum absolute atomic E-state index is 5.14. The van der Waals surface area contributed by atoms with Gasteiger partial charge >= 0.3 is 0 Å². The molecule has 0 amide bonds. The van der Waals surface area contributed by atoms with Gasteiger partial charge in [-0.3, -0.25) is 0 Å². The number of nitrogens with one attached hydrogen (secondary N) is 1. The van der Waals surface area contributed by atoms with Crippen LogP contribution in [-0.2, 0) is 0 Å². The smallest absolute Gasteiger partial charge is 0.0575 e. The summed E-state index contributed by atoms with van der Waals surface area (Å²) in [4.78, 5) is 0. The van der Waals surface area contributed by atoms with Crippen molar-refractivity contribution in [3.8, 4) is 12.3 Å². The van der Waals surface area contributed by atoms with E-state index in [0.717, 1.165) is 0 Å². The number of unbranched alkanes of at least 4 members (excludes halogenated alkanes) is 3. The quantitative estimate of drug-likeness (QED) is 0.454. The Morgan fingerprint density at radius 1 is 1.33 bits per heavy atom. The van der Waals surface area contributed by atoms with Crippen LogP contribution in [0.2, 0.25) is 0 Å². The lowest BCUT2D eigenvalue weighted by molar-refractivity contribution is 0.505. The summed E-state index contributed by atoms with van der Waals surface area (Å²) in [5.41, 5.74) is 0. The molecule has 0 saturated heterocycles. The zero-order valence-corrected chi connectivity index (χ0v) is 8.40. The van der Waals surface area contributed by atoms with E-state index in [-0.39, 0.29) is 0 Å². The molecule has 0 bridgehead atoms. The van der Waals surface area contributed by atoms with E-state index < -0.39 is 0 Å². The van der Waals surface area contributed by atoms with Crippen molar-refractivity contribution in [1.29, 1.82) is 0 Å². The molecule has 0 saturated carbocycles. The molecule has 12 heavy (non-hydrogen) atoms. The van der Waals surface area contributed by atoms with Crippen LogP contribution in [-0.4, -0.2) is 12.6 Å². The molecule has 0 fully saturated rings. The van der Waals surface area contributed by atoms with Gasteiger partial charge in [0.15, 0.2) is 0 Å². The van der Waals surface area contributed by atoms with E-state index in [1.165, 1.54) is 32.1 Å². The minimum Gasteiger partial charge on any atom is -0.304 e. The molecule has 1 atom stereocenters. The highest BCUT2D eigenvalue weighted by atomic mass is 14.9. The molecule has 0 aliphatic heterocycles. The number of rotatable bonds is 7. The van der Waals surface area contributed by atoms with Crippen LogP contribution in [0.4, 0.5) is 0 Å². The van der Waals surface area contributed by atoms with Crippen LogP contribution in [0.25, 0.3) is 0 Å². The summed E-state index contributed by atoms with van der Waals surface area (Å²) in [6.07, 6.45) is 11.8. The van der Waals surface area contributed by atoms with Crippen LogP contribution in [0.3, 0.4) is 0 Å². The third-order valence-electron chi connectivity index (χ3n) is 2.04. The lowest BCUT2D eigenvalue weighted by Gasteiger charge is -2.10. The molecule has 70 valence electrons. The first-order valence-corrected chi connectivity index (χ1v) is 4.98. The van der Waals surface area contributed by atoms with Gasteiger partial charge in [0.05, 0.1) is 6.54 Å². The molecule has 0 radical (unpaired) electrons. The molecule has 1 heteroatoms. The van der Waals surface area contributed by atoms with Gasteiger partial charge in [0, 0.05) is 6.04 Å². The Morgan fingerprint density at radius 2 is 2.08 bits per heavy atom. The fourth-order valence-corrected chi connectivity index (χ4v) is 1.21. The van der Waals surface area contributed by atoms with E-state index in [9.17, 15) is 0 Å². The first-order chi connectivity index (χ1) is 5.81. The molecule has 0 rings (SSSR count). The first kappa shape index (κ1) is 11.5. The predicted octanol–water partition coefficient (Wildman–Crippen LogP) is 2.57. The van der Waals surface area contributed by atoms with Gasteiger partial charge in [-0.05, 0) is 13.3 Å². The maximum atomic E-state index is 5.14. The largest absolute Gasteiger partial charge is 0.304 e. The van der Waals surface area contributed by atoms with Gasteiger partial charge in [-0.15, -0.1) is 6.42 Å². The topological polar surface area (TPSA) is 12.0 Å². The highest BCUT2D eigenvalue weighted by Crippen LogP contribution is 2.04. The van der Waals surface area contributed by atoms with Crippen LogP contribution in [0.5, 0.6) is 0 Å². The molecule has 0 aromatic carbocycles.